The Kier molecular flexibility index (Phi) is 9.51. The van der Waals surface area contributed by atoms with Crippen molar-refractivity contribution in [2.45, 2.75) is 38.1 Å². The summed E-state index contributed by atoms with van der Waals surface area (Å²) in [6, 6.07) is 8.82. The van der Waals surface area contributed by atoms with Crippen molar-refractivity contribution < 1.29 is 0 Å². The van der Waals surface area contributed by atoms with E-state index >= 15 is 0 Å². The highest BCUT2D eigenvalue weighted by Gasteiger charge is 2.44. The molecule has 1 saturated carbocycles. The Morgan fingerprint density at radius 1 is 1.17 bits per heavy atom. The van der Waals surface area contributed by atoms with Crippen LogP contribution in [0, 0.1) is 5.92 Å². The van der Waals surface area contributed by atoms with Crippen LogP contribution in [0.5, 0.6) is 0 Å². The molecule has 164 valence electrons. The zero-order chi connectivity index (χ0) is 20.1. The van der Waals surface area contributed by atoms with E-state index in [9.17, 15) is 0 Å². The summed E-state index contributed by atoms with van der Waals surface area (Å²) < 4.78 is 0. The van der Waals surface area contributed by atoms with Crippen molar-refractivity contribution in [2.75, 3.05) is 53.4 Å². The molecule has 5 nitrogen and oxygen atoms in total. The van der Waals surface area contributed by atoms with Gasteiger partial charge in [0.05, 0.1) is 0 Å². The summed E-state index contributed by atoms with van der Waals surface area (Å²) in [5.41, 5.74) is 1.54. The monoisotopic (exact) mass is 533 g/mol. The summed E-state index contributed by atoms with van der Waals surface area (Å²) >= 11 is 6.20. The van der Waals surface area contributed by atoms with Crippen molar-refractivity contribution >= 4 is 41.5 Å². The zero-order valence-corrected chi connectivity index (χ0v) is 21.3. The van der Waals surface area contributed by atoms with Crippen LogP contribution in [0.3, 0.4) is 0 Å². The van der Waals surface area contributed by atoms with Gasteiger partial charge in [0.25, 0.3) is 0 Å². The van der Waals surface area contributed by atoms with Crippen molar-refractivity contribution in [3.8, 4) is 0 Å². The van der Waals surface area contributed by atoms with Crippen LogP contribution in [0.25, 0.3) is 0 Å². The smallest absolute Gasteiger partial charge is 0.191 e. The van der Waals surface area contributed by atoms with Crippen LogP contribution in [0.15, 0.2) is 29.3 Å². The molecule has 0 spiro atoms. The van der Waals surface area contributed by atoms with Crippen molar-refractivity contribution in [1.29, 1.82) is 0 Å². The molecule has 29 heavy (non-hydrogen) atoms. The molecule has 1 aliphatic heterocycles. The van der Waals surface area contributed by atoms with Crippen LogP contribution < -0.4 is 10.6 Å². The van der Waals surface area contributed by atoms with E-state index in [0.29, 0.717) is 12.0 Å². The Balaban J connectivity index is 0.00000300. The lowest BCUT2D eigenvalue weighted by molar-refractivity contribution is 0.0900. The maximum atomic E-state index is 6.20. The molecule has 1 unspecified atom stereocenters. The fraction of sp³-hybridized carbons (Fsp3) is 0.682. The topological polar surface area (TPSA) is 42.9 Å². The first kappa shape index (κ1) is 24.7. The molecule has 1 aliphatic carbocycles. The second-order valence-electron chi connectivity index (χ2n) is 8.75. The lowest BCUT2D eigenvalue weighted by Crippen LogP contribution is -2.55. The first-order valence-corrected chi connectivity index (χ1v) is 10.9. The molecule has 3 rings (SSSR count). The third-order valence-corrected chi connectivity index (χ3v) is 6.60. The van der Waals surface area contributed by atoms with Gasteiger partial charge in [0.2, 0.25) is 0 Å². The molecule has 7 heteroatoms. The second kappa shape index (κ2) is 11.2. The lowest BCUT2D eigenvalue weighted by atomic mass is 9.96. The number of hydrogen-bond donors (Lipinski definition) is 2. The second-order valence-corrected chi connectivity index (χ2v) is 9.18. The average Bonchev–Trinajstić information content (AvgIpc) is 3.47. The highest BCUT2D eigenvalue weighted by molar-refractivity contribution is 14.0. The number of halogens is 2. The third-order valence-electron chi connectivity index (χ3n) is 6.36. The number of likely N-dealkylation sites (N-methyl/N-ethyl adjacent to an activating group) is 1. The van der Waals surface area contributed by atoms with Gasteiger partial charge in [-0.05, 0) is 43.5 Å². The van der Waals surface area contributed by atoms with Crippen molar-refractivity contribution in [3.63, 3.8) is 0 Å². The van der Waals surface area contributed by atoms with E-state index in [4.69, 9.17) is 11.6 Å². The van der Waals surface area contributed by atoms with Crippen LogP contribution >= 0.6 is 35.6 Å². The Bertz CT molecular complexity index is 669. The molecule has 1 heterocycles. The van der Waals surface area contributed by atoms with E-state index in [2.05, 4.69) is 58.5 Å². The molecule has 2 aliphatic rings. The van der Waals surface area contributed by atoms with Gasteiger partial charge in [-0.3, -0.25) is 9.89 Å². The minimum absolute atomic E-state index is 0. The number of rotatable bonds is 7. The fourth-order valence-corrected chi connectivity index (χ4v) is 4.34. The summed E-state index contributed by atoms with van der Waals surface area (Å²) in [5.74, 6) is 1.50. The number of nitrogens with one attached hydrogen (secondary N) is 2. The molecule has 2 N–H and O–H groups in total. The number of hydrogen-bond acceptors (Lipinski definition) is 3. The highest BCUT2D eigenvalue weighted by atomic mass is 127. The molecule has 1 aromatic carbocycles. The van der Waals surface area contributed by atoms with Crippen LogP contribution in [0.1, 0.15) is 32.3 Å². The maximum absolute atomic E-state index is 6.20. The molecular weight excluding hydrogens is 497 g/mol. The van der Waals surface area contributed by atoms with Gasteiger partial charge in [-0.15, -0.1) is 24.0 Å². The van der Waals surface area contributed by atoms with Crippen LogP contribution in [0.4, 0.5) is 0 Å². The number of nitrogens with zero attached hydrogens (tertiary/aromatic N) is 3. The Labute approximate surface area is 198 Å². The number of aliphatic imine (C=N–C) groups is 1. The first-order valence-electron chi connectivity index (χ1n) is 10.6. The van der Waals surface area contributed by atoms with E-state index in [1.807, 2.05) is 19.2 Å². The summed E-state index contributed by atoms with van der Waals surface area (Å²) in [6.07, 6.45) is 2.40. The predicted molar refractivity (Wildman–Crippen MR) is 135 cm³/mol. The molecule has 1 atom stereocenters. The molecule has 2 fully saturated rings. The van der Waals surface area contributed by atoms with E-state index < -0.39 is 0 Å². The maximum Gasteiger partial charge on any atom is 0.191 e. The van der Waals surface area contributed by atoms with Crippen LogP contribution in [-0.2, 0) is 5.41 Å². The Hall–Kier alpha value is -0.570. The lowest BCUT2D eigenvalue weighted by Gasteiger charge is -2.40. The van der Waals surface area contributed by atoms with Crippen molar-refractivity contribution in [3.05, 3.63) is 34.9 Å². The van der Waals surface area contributed by atoms with E-state index in [1.165, 1.54) is 18.4 Å². The van der Waals surface area contributed by atoms with Crippen molar-refractivity contribution in [2.24, 2.45) is 10.9 Å². The summed E-state index contributed by atoms with van der Waals surface area (Å²) in [5, 5.41) is 7.96. The first-order chi connectivity index (χ1) is 13.4. The molecule has 0 radical (unpaired) electrons. The van der Waals surface area contributed by atoms with Gasteiger partial charge in [0.15, 0.2) is 5.96 Å². The quantitative estimate of drug-likeness (QED) is 0.320. The standard InChI is InChI=1S/C22H36ClN5.HI/c1-17(2)20(28-12-10-27(4)11-13-28)15-25-21(24-3)26-16-22(8-9-22)18-6-5-7-19(23)14-18;/h5-7,14,17,20H,8-13,15-16H2,1-4H3,(H2,24,25,26);1H. The number of benzene rings is 1. The van der Waals surface area contributed by atoms with Crippen molar-refractivity contribution in [1.82, 2.24) is 20.4 Å². The molecule has 1 aromatic rings. The van der Waals surface area contributed by atoms with Gasteiger partial charge in [-0.1, -0.05) is 37.6 Å². The summed E-state index contributed by atoms with van der Waals surface area (Å²) in [7, 11) is 4.06. The fourth-order valence-electron chi connectivity index (χ4n) is 4.15. The average molecular weight is 534 g/mol. The predicted octanol–water partition coefficient (Wildman–Crippen LogP) is 3.43. The van der Waals surface area contributed by atoms with E-state index in [0.717, 1.165) is 50.3 Å². The van der Waals surface area contributed by atoms with Gasteiger partial charge in [-0.2, -0.15) is 0 Å². The number of guanidine groups is 1. The van der Waals surface area contributed by atoms with Crippen LogP contribution in [-0.4, -0.2) is 75.2 Å². The minimum Gasteiger partial charge on any atom is -0.356 e. The molecule has 0 aromatic heterocycles. The normalized spacial score (nSPS) is 20.8. The minimum atomic E-state index is 0. The third kappa shape index (κ3) is 6.71. The Morgan fingerprint density at radius 2 is 1.86 bits per heavy atom. The van der Waals surface area contributed by atoms with E-state index in [1.54, 1.807) is 0 Å². The highest BCUT2D eigenvalue weighted by Crippen LogP contribution is 2.48. The summed E-state index contributed by atoms with van der Waals surface area (Å²) in [4.78, 5) is 9.49. The molecule has 0 amide bonds. The van der Waals surface area contributed by atoms with Gasteiger partial charge < -0.3 is 15.5 Å². The molecule has 1 saturated heterocycles. The van der Waals surface area contributed by atoms with Gasteiger partial charge >= 0.3 is 0 Å². The van der Waals surface area contributed by atoms with Crippen LogP contribution in [0.2, 0.25) is 5.02 Å². The number of piperazine rings is 1. The largest absolute Gasteiger partial charge is 0.356 e. The summed E-state index contributed by atoms with van der Waals surface area (Å²) in [6.45, 7) is 11.0. The molecule has 0 bridgehead atoms. The van der Waals surface area contributed by atoms with Gasteiger partial charge in [-0.25, -0.2) is 0 Å². The SMILES string of the molecule is CN=C(NCC(C(C)C)N1CCN(C)CC1)NCC1(c2cccc(Cl)c2)CC1.I. The Morgan fingerprint density at radius 3 is 2.41 bits per heavy atom. The van der Waals surface area contributed by atoms with Gasteiger partial charge in [0, 0.05) is 62.8 Å². The zero-order valence-electron chi connectivity index (χ0n) is 18.2. The van der Waals surface area contributed by atoms with E-state index in [-0.39, 0.29) is 29.4 Å². The molecular formula is C22H37ClIN5. The van der Waals surface area contributed by atoms with Gasteiger partial charge in [0.1, 0.15) is 0 Å².